The van der Waals surface area contributed by atoms with Gasteiger partial charge >= 0.3 is 0 Å². The maximum Gasteiger partial charge on any atom is 0.234 e. The fraction of sp³-hybridized carbons (Fsp3) is 0.588. The van der Waals surface area contributed by atoms with Gasteiger partial charge in [-0.3, -0.25) is 9.69 Å². The van der Waals surface area contributed by atoms with Crippen molar-refractivity contribution < 1.29 is 4.79 Å². The zero-order valence-electron chi connectivity index (χ0n) is 13.1. The smallest absolute Gasteiger partial charge is 0.234 e. The summed E-state index contributed by atoms with van der Waals surface area (Å²) in [5, 5.41) is 4.39. The lowest BCUT2D eigenvalue weighted by atomic mass is 10.1. The molecule has 3 rings (SSSR count). The van der Waals surface area contributed by atoms with Crippen LogP contribution in [-0.4, -0.2) is 40.4 Å². The lowest BCUT2D eigenvalue weighted by Crippen LogP contribution is -2.39. The minimum absolute atomic E-state index is 0.0938. The van der Waals surface area contributed by atoms with E-state index in [4.69, 9.17) is 5.73 Å². The highest BCUT2D eigenvalue weighted by atomic mass is 32.2. The molecular weight excluding hydrogens is 294 g/mol. The molecule has 0 bridgehead atoms. The Morgan fingerprint density at radius 1 is 1.50 bits per heavy atom. The highest BCUT2D eigenvalue weighted by Gasteiger charge is 2.28. The van der Waals surface area contributed by atoms with Crippen LogP contribution in [-0.2, 0) is 11.3 Å². The summed E-state index contributed by atoms with van der Waals surface area (Å²) in [6.07, 6.45) is 3.18. The lowest BCUT2D eigenvalue weighted by Gasteiger charge is -2.22. The van der Waals surface area contributed by atoms with Gasteiger partial charge in [-0.2, -0.15) is 11.8 Å². The van der Waals surface area contributed by atoms with E-state index in [1.54, 1.807) is 0 Å². The number of likely N-dealkylation sites (tertiary alicyclic amines) is 1. The highest BCUT2D eigenvalue weighted by molar-refractivity contribution is 8.00. The summed E-state index contributed by atoms with van der Waals surface area (Å²) < 4.78 is 0. The van der Waals surface area contributed by atoms with Crippen LogP contribution in [0.2, 0.25) is 0 Å². The van der Waals surface area contributed by atoms with Crippen LogP contribution in [0.4, 0.5) is 5.69 Å². The van der Waals surface area contributed by atoms with E-state index in [1.807, 2.05) is 11.8 Å². The van der Waals surface area contributed by atoms with Crippen molar-refractivity contribution in [2.75, 3.05) is 17.6 Å². The molecule has 1 aromatic carbocycles. The molecule has 2 heterocycles. The number of rotatable bonds is 5. The minimum atomic E-state index is -0.191. The van der Waals surface area contributed by atoms with Crippen molar-refractivity contribution in [3.63, 3.8) is 0 Å². The molecule has 4 nitrogen and oxygen atoms in total. The third kappa shape index (κ3) is 3.76. The van der Waals surface area contributed by atoms with Crippen LogP contribution in [0.1, 0.15) is 31.7 Å². The third-order valence-corrected chi connectivity index (χ3v) is 5.93. The second kappa shape index (κ2) is 6.92. The summed E-state index contributed by atoms with van der Waals surface area (Å²) in [4.78, 5) is 13.7. The number of anilines is 1. The standard InChI is InChI=1S/C17H25N3OS/c1-12-8-15(11-22-12)19-14-5-2-4-13(9-14)10-20-7-3-6-16(20)17(18)21/h2,4-5,9,12,15-16,19H,3,6-8,10-11H2,1H3,(H2,18,21). The molecule has 2 aliphatic rings. The molecule has 3 unspecified atom stereocenters. The van der Waals surface area contributed by atoms with E-state index in [0.717, 1.165) is 31.2 Å². The third-order valence-electron chi connectivity index (χ3n) is 4.57. The van der Waals surface area contributed by atoms with Gasteiger partial charge in [-0.25, -0.2) is 0 Å². The van der Waals surface area contributed by atoms with E-state index < -0.39 is 0 Å². The first kappa shape index (κ1) is 15.7. The molecule has 5 heteroatoms. The lowest BCUT2D eigenvalue weighted by molar-refractivity contribution is -0.122. The normalized spacial score (nSPS) is 28.9. The van der Waals surface area contributed by atoms with Crippen molar-refractivity contribution in [2.24, 2.45) is 5.73 Å². The van der Waals surface area contributed by atoms with Gasteiger partial charge in [0.25, 0.3) is 0 Å². The molecule has 1 amide bonds. The Morgan fingerprint density at radius 2 is 2.36 bits per heavy atom. The van der Waals surface area contributed by atoms with Crippen LogP contribution >= 0.6 is 11.8 Å². The molecule has 1 aromatic rings. The van der Waals surface area contributed by atoms with Crippen LogP contribution in [0, 0.1) is 0 Å². The number of nitrogens with one attached hydrogen (secondary N) is 1. The molecule has 3 atom stereocenters. The first-order valence-corrected chi connectivity index (χ1v) is 9.17. The minimum Gasteiger partial charge on any atom is -0.381 e. The summed E-state index contributed by atoms with van der Waals surface area (Å²) in [7, 11) is 0. The van der Waals surface area contributed by atoms with Crippen LogP contribution in [0.5, 0.6) is 0 Å². The van der Waals surface area contributed by atoms with Crippen molar-refractivity contribution in [3.8, 4) is 0 Å². The van der Waals surface area contributed by atoms with Gasteiger partial charge in [0.1, 0.15) is 0 Å². The van der Waals surface area contributed by atoms with Crippen molar-refractivity contribution in [1.29, 1.82) is 0 Å². The summed E-state index contributed by atoms with van der Waals surface area (Å²) in [6, 6.07) is 9.05. The second-order valence-corrected chi connectivity index (χ2v) is 7.92. The number of nitrogens with two attached hydrogens (primary N) is 1. The number of nitrogens with zero attached hydrogens (tertiary/aromatic N) is 1. The van der Waals surface area contributed by atoms with E-state index >= 15 is 0 Å². The van der Waals surface area contributed by atoms with Crippen molar-refractivity contribution in [3.05, 3.63) is 29.8 Å². The largest absolute Gasteiger partial charge is 0.381 e. The van der Waals surface area contributed by atoms with E-state index in [1.165, 1.54) is 23.4 Å². The molecule has 2 aliphatic heterocycles. The highest BCUT2D eigenvalue weighted by Crippen LogP contribution is 2.28. The zero-order chi connectivity index (χ0) is 15.5. The van der Waals surface area contributed by atoms with E-state index in [2.05, 4.69) is 41.4 Å². The SMILES string of the molecule is CC1CC(Nc2cccc(CN3CCCC3C(N)=O)c2)CS1. The molecule has 2 fully saturated rings. The Bertz CT molecular complexity index is 536. The Morgan fingerprint density at radius 3 is 3.09 bits per heavy atom. The van der Waals surface area contributed by atoms with Crippen molar-refractivity contribution in [2.45, 2.75) is 50.1 Å². The van der Waals surface area contributed by atoms with E-state index in [-0.39, 0.29) is 11.9 Å². The predicted molar refractivity (Wildman–Crippen MR) is 93.0 cm³/mol. The Kier molecular flexibility index (Phi) is 4.93. The van der Waals surface area contributed by atoms with Gasteiger partial charge in [-0.05, 0) is 43.5 Å². The molecule has 120 valence electrons. The van der Waals surface area contributed by atoms with Crippen molar-refractivity contribution >= 4 is 23.4 Å². The number of carbonyl (C=O) groups excluding carboxylic acids is 1. The van der Waals surface area contributed by atoms with Gasteiger partial charge in [0.2, 0.25) is 5.91 Å². The van der Waals surface area contributed by atoms with Gasteiger partial charge < -0.3 is 11.1 Å². The summed E-state index contributed by atoms with van der Waals surface area (Å²) in [5.74, 6) is 0.991. The monoisotopic (exact) mass is 319 g/mol. The molecule has 0 aliphatic carbocycles. The zero-order valence-corrected chi connectivity index (χ0v) is 13.9. The van der Waals surface area contributed by atoms with Gasteiger partial charge in [-0.15, -0.1) is 0 Å². The molecule has 0 aromatic heterocycles. The van der Waals surface area contributed by atoms with Crippen LogP contribution in [0.25, 0.3) is 0 Å². The van der Waals surface area contributed by atoms with Crippen LogP contribution < -0.4 is 11.1 Å². The average molecular weight is 319 g/mol. The maximum atomic E-state index is 11.5. The first-order chi connectivity index (χ1) is 10.6. The Hall–Kier alpha value is -1.20. The predicted octanol–water partition coefficient (Wildman–Crippen LogP) is 2.44. The maximum absolute atomic E-state index is 11.5. The van der Waals surface area contributed by atoms with Gasteiger partial charge in [-0.1, -0.05) is 19.1 Å². The second-order valence-electron chi connectivity index (χ2n) is 6.45. The van der Waals surface area contributed by atoms with Crippen LogP contribution in [0.15, 0.2) is 24.3 Å². The molecular formula is C17H25N3OS. The molecule has 0 spiro atoms. The quantitative estimate of drug-likeness (QED) is 0.875. The number of amides is 1. The average Bonchev–Trinajstić information content (AvgIpc) is 3.08. The number of primary amides is 1. The van der Waals surface area contributed by atoms with E-state index in [9.17, 15) is 4.79 Å². The molecule has 22 heavy (non-hydrogen) atoms. The molecule has 3 N–H and O–H groups in total. The number of thioether (sulfide) groups is 1. The number of hydrogen-bond donors (Lipinski definition) is 2. The topological polar surface area (TPSA) is 58.4 Å². The van der Waals surface area contributed by atoms with Gasteiger partial charge in [0.15, 0.2) is 0 Å². The number of benzene rings is 1. The van der Waals surface area contributed by atoms with Crippen LogP contribution in [0.3, 0.4) is 0 Å². The van der Waals surface area contributed by atoms with Crippen molar-refractivity contribution in [1.82, 2.24) is 4.90 Å². The molecule has 2 saturated heterocycles. The van der Waals surface area contributed by atoms with E-state index in [0.29, 0.717) is 6.04 Å². The van der Waals surface area contributed by atoms with Gasteiger partial charge in [0, 0.05) is 29.3 Å². The van der Waals surface area contributed by atoms with Gasteiger partial charge in [0.05, 0.1) is 6.04 Å². The molecule has 0 radical (unpaired) electrons. The first-order valence-electron chi connectivity index (χ1n) is 8.12. The Labute approximate surface area is 136 Å². The summed E-state index contributed by atoms with van der Waals surface area (Å²) >= 11 is 2.04. The number of hydrogen-bond acceptors (Lipinski definition) is 4. The number of carbonyl (C=O) groups is 1. The molecule has 0 saturated carbocycles. The fourth-order valence-electron chi connectivity index (χ4n) is 3.49. The Balaban J connectivity index is 1.62. The summed E-state index contributed by atoms with van der Waals surface area (Å²) in [5.41, 5.74) is 7.93. The summed E-state index contributed by atoms with van der Waals surface area (Å²) in [6.45, 7) is 4.06. The fourth-order valence-corrected chi connectivity index (χ4v) is 4.63.